The van der Waals surface area contributed by atoms with Crippen LogP contribution >= 0.6 is 0 Å². The summed E-state index contributed by atoms with van der Waals surface area (Å²) in [6.07, 6.45) is 3.21. The van der Waals surface area contributed by atoms with Gasteiger partial charge in [-0.3, -0.25) is 4.98 Å². The zero-order valence-corrected chi connectivity index (χ0v) is 14.5. The molecule has 0 amide bonds. The van der Waals surface area contributed by atoms with Gasteiger partial charge in [0.15, 0.2) is 0 Å². The minimum Gasteiger partial charge on any atom is -0.465 e. The summed E-state index contributed by atoms with van der Waals surface area (Å²) in [7, 11) is 1.37. The molecule has 0 radical (unpaired) electrons. The van der Waals surface area contributed by atoms with E-state index in [-0.39, 0.29) is 5.97 Å². The highest BCUT2D eigenvalue weighted by molar-refractivity contribution is 5.96. The van der Waals surface area contributed by atoms with Crippen LogP contribution in [-0.2, 0) is 4.74 Å². The lowest BCUT2D eigenvalue weighted by Gasteiger charge is -2.16. The van der Waals surface area contributed by atoms with Gasteiger partial charge in [0.05, 0.1) is 24.6 Å². The molecule has 0 bridgehead atoms. The van der Waals surface area contributed by atoms with Gasteiger partial charge in [-0.15, -0.1) is 0 Å². The Morgan fingerprint density at radius 1 is 1.00 bits per heavy atom. The molecule has 3 rings (SSSR count). The Bertz CT molecular complexity index is 882. The number of carbonyl (C=O) groups is 1. The summed E-state index contributed by atoms with van der Waals surface area (Å²) >= 11 is 0. The van der Waals surface area contributed by atoms with Crippen LogP contribution in [0.5, 0.6) is 0 Å². The molecular formula is C21H20N2O2. The van der Waals surface area contributed by atoms with Crippen LogP contribution in [0.15, 0.2) is 60.9 Å². The van der Waals surface area contributed by atoms with E-state index in [1.807, 2.05) is 18.2 Å². The summed E-state index contributed by atoms with van der Waals surface area (Å²) in [5, 5.41) is 3.34. The molecule has 2 aromatic carbocycles. The normalized spacial score (nSPS) is 10.4. The van der Waals surface area contributed by atoms with E-state index in [9.17, 15) is 4.79 Å². The van der Waals surface area contributed by atoms with Gasteiger partial charge < -0.3 is 10.1 Å². The van der Waals surface area contributed by atoms with Crippen molar-refractivity contribution in [3.05, 3.63) is 77.6 Å². The predicted molar refractivity (Wildman–Crippen MR) is 100 cm³/mol. The third kappa shape index (κ3) is 3.53. The summed E-state index contributed by atoms with van der Waals surface area (Å²) in [5.74, 6) is -0.388. The van der Waals surface area contributed by atoms with Crippen molar-refractivity contribution in [2.75, 3.05) is 12.4 Å². The van der Waals surface area contributed by atoms with Crippen LogP contribution in [0.4, 0.5) is 11.4 Å². The number of pyridine rings is 1. The first kappa shape index (κ1) is 16.7. The lowest BCUT2D eigenvalue weighted by Crippen LogP contribution is -2.07. The monoisotopic (exact) mass is 332 g/mol. The molecule has 3 aromatic rings. The zero-order valence-electron chi connectivity index (χ0n) is 14.5. The Labute approximate surface area is 147 Å². The van der Waals surface area contributed by atoms with E-state index in [4.69, 9.17) is 4.74 Å². The molecule has 4 nitrogen and oxygen atoms in total. The van der Waals surface area contributed by atoms with Crippen LogP contribution in [0.25, 0.3) is 11.1 Å². The molecule has 0 saturated carbocycles. The highest BCUT2D eigenvalue weighted by Gasteiger charge is 2.14. The molecule has 25 heavy (non-hydrogen) atoms. The summed E-state index contributed by atoms with van der Waals surface area (Å²) in [5.41, 5.74) is 6.60. The Morgan fingerprint density at radius 2 is 1.68 bits per heavy atom. The van der Waals surface area contributed by atoms with Crippen LogP contribution in [0.3, 0.4) is 0 Å². The molecule has 0 aliphatic carbocycles. The van der Waals surface area contributed by atoms with E-state index in [0.29, 0.717) is 11.3 Å². The van der Waals surface area contributed by atoms with E-state index < -0.39 is 0 Å². The molecule has 0 aliphatic rings. The van der Waals surface area contributed by atoms with Crippen molar-refractivity contribution in [1.82, 2.24) is 4.98 Å². The molecule has 0 spiro atoms. The van der Waals surface area contributed by atoms with E-state index in [1.165, 1.54) is 18.2 Å². The lowest BCUT2D eigenvalue weighted by molar-refractivity contribution is 0.0602. The van der Waals surface area contributed by atoms with Gasteiger partial charge in [0, 0.05) is 11.9 Å². The Hall–Kier alpha value is -3.14. The highest BCUT2D eigenvalue weighted by atomic mass is 16.5. The summed E-state index contributed by atoms with van der Waals surface area (Å²) in [6, 6.07) is 16.2. The predicted octanol–water partition coefficient (Wildman–Crippen LogP) is 4.90. The van der Waals surface area contributed by atoms with Gasteiger partial charge >= 0.3 is 5.97 Å². The minimum atomic E-state index is -0.388. The maximum atomic E-state index is 11.9. The maximum Gasteiger partial charge on any atom is 0.340 e. The molecule has 1 N–H and O–H groups in total. The number of carbonyl (C=O) groups excluding carboxylic acids is 1. The highest BCUT2D eigenvalue weighted by Crippen LogP contribution is 2.31. The lowest BCUT2D eigenvalue weighted by atomic mass is 9.98. The van der Waals surface area contributed by atoms with Crippen molar-refractivity contribution in [1.29, 1.82) is 0 Å². The molecular weight excluding hydrogens is 312 g/mol. The average Bonchev–Trinajstić information content (AvgIpc) is 2.65. The number of methoxy groups -OCH3 is 1. The van der Waals surface area contributed by atoms with E-state index in [1.54, 1.807) is 18.5 Å². The van der Waals surface area contributed by atoms with Crippen molar-refractivity contribution in [3.8, 4) is 11.1 Å². The number of aromatic nitrogens is 1. The summed E-state index contributed by atoms with van der Waals surface area (Å²) in [6.45, 7) is 4.10. The van der Waals surface area contributed by atoms with Crippen LogP contribution < -0.4 is 5.32 Å². The van der Waals surface area contributed by atoms with Gasteiger partial charge in [-0.25, -0.2) is 4.79 Å². The number of ether oxygens (including phenoxy) is 1. The van der Waals surface area contributed by atoms with E-state index >= 15 is 0 Å². The van der Waals surface area contributed by atoms with Crippen molar-refractivity contribution >= 4 is 17.3 Å². The van der Waals surface area contributed by atoms with Gasteiger partial charge in [-0.05, 0) is 54.3 Å². The van der Waals surface area contributed by atoms with Crippen LogP contribution in [-0.4, -0.2) is 18.1 Å². The number of esters is 1. The molecule has 1 heterocycles. The number of rotatable bonds is 4. The standard InChI is InChI=1S/C21H20N2O2/c1-14-11-17(16-7-5-4-6-8-16)12-15(2)20(14)23-19-13-22-10-9-18(19)21(24)25-3/h4-13,23H,1-3H3. The largest absolute Gasteiger partial charge is 0.465 e. The number of hydrogen-bond donors (Lipinski definition) is 1. The molecule has 0 saturated heterocycles. The van der Waals surface area contributed by atoms with Crippen LogP contribution in [0, 0.1) is 13.8 Å². The minimum absolute atomic E-state index is 0.388. The number of nitrogens with zero attached hydrogens (tertiary/aromatic N) is 1. The Morgan fingerprint density at radius 3 is 2.32 bits per heavy atom. The number of aryl methyl sites for hydroxylation is 2. The van der Waals surface area contributed by atoms with Gasteiger partial charge in [-0.1, -0.05) is 30.3 Å². The van der Waals surface area contributed by atoms with Crippen molar-refractivity contribution in [2.24, 2.45) is 0 Å². The second-order valence-corrected chi connectivity index (χ2v) is 5.89. The zero-order chi connectivity index (χ0) is 17.8. The molecule has 0 aliphatic heterocycles. The quantitative estimate of drug-likeness (QED) is 0.691. The fourth-order valence-electron chi connectivity index (χ4n) is 2.87. The molecule has 0 fully saturated rings. The third-order valence-electron chi connectivity index (χ3n) is 4.13. The maximum absolute atomic E-state index is 11.9. The molecule has 0 atom stereocenters. The molecule has 126 valence electrons. The Balaban J connectivity index is 1.99. The van der Waals surface area contributed by atoms with Crippen LogP contribution in [0.2, 0.25) is 0 Å². The SMILES string of the molecule is COC(=O)c1ccncc1Nc1c(C)cc(-c2ccccc2)cc1C. The second-order valence-electron chi connectivity index (χ2n) is 5.89. The first-order valence-electron chi connectivity index (χ1n) is 8.06. The summed E-state index contributed by atoms with van der Waals surface area (Å²) < 4.78 is 4.85. The Kier molecular flexibility index (Phi) is 4.80. The number of benzene rings is 2. The average molecular weight is 332 g/mol. The van der Waals surface area contributed by atoms with E-state index in [0.717, 1.165) is 16.8 Å². The topological polar surface area (TPSA) is 51.2 Å². The second kappa shape index (κ2) is 7.18. The third-order valence-corrected chi connectivity index (χ3v) is 4.13. The smallest absolute Gasteiger partial charge is 0.340 e. The van der Waals surface area contributed by atoms with Crippen molar-refractivity contribution in [3.63, 3.8) is 0 Å². The first-order chi connectivity index (χ1) is 12.1. The van der Waals surface area contributed by atoms with Gasteiger partial charge in [0.2, 0.25) is 0 Å². The van der Waals surface area contributed by atoms with Gasteiger partial charge in [0.1, 0.15) is 0 Å². The number of anilines is 2. The molecule has 0 unspecified atom stereocenters. The fourth-order valence-corrected chi connectivity index (χ4v) is 2.87. The fraction of sp³-hybridized carbons (Fsp3) is 0.143. The first-order valence-corrected chi connectivity index (χ1v) is 8.06. The van der Waals surface area contributed by atoms with E-state index in [2.05, 4.69) is 48.4 Å². The van der Waals surface area contributed by atoms with Crippen molar-refractivity contribution < 1.29 is 9.53 Å². The van der Waals surface area contributed by atoms with Crippen molar-refractivity contribution in [2.45, 2.75) is 13.8 Å². The molecule has 4 heteroatoms. The summed E-state index contributed by atoms with van der Waals surface area (Å²) in [4.78, 5) is 16.1. The van der Waals surface area contributed by atoms with Gasteiger partial charge in [0.25, 0.3) is 0 Å². The number of nitrogens with one attached hydrogen (secondary N) is 1. The van der Waals surface area contributed by atoms with Crippen LogP contribution in [0.1, 0.15) is 21.5 Å². The molecule has 1 aromatic heterocycles. The van der Waals surface area contributed by atoms with Gasteiger partial charge in [-0.2, -0.15) is 0 Å². The number of hydrogen-bond acceptors (Lipinski definition) is 4.